The Morgan fingerprint density at radius 2 is 2.33 bits per heavy atom. The second-order valence-electron chi connectivity index (χ2n) is 4.99. The maximum atomic E-state index is 9.71. The van der Waals surface area contributed by atoms with Crippen LogP contribution >= 0.6 is 0 Å². The summed E-state index contributed by atoms with van der Waals surface area (Å²) in [6, 6.07) is 6.10. The van der Waals surface area contributed by atoms with Crippen molar-refractivity contribution in [3.8, 4) is 11.5 Å². The minimum Gasteiger partial charge on any atom is -0.504 e. The monoisotopic (exact) mass is 250 g/mol. The van der Waals surface area contributed by atoms with Crippen LogP contribution in [-0.2, 0) is 6.54 Å². The van der Waals surface area contributed by atoms with E-state index in [1.54, 1.807) is 19.2 Å². The Hall–Kier alpha value is -1.26. The molecule has 0 aliphatic carbocycles. The van der Waals surface area contributed by atoms with Gasteiger partial charge in [0.15, 0.2) is 11.5 Å². The van der Waals surface area contributed by atoms with Crippen LogP contribution in [0.5, 0.6) is 11.5 Å². The summed E-state index contributed by atoms with van der Waals surface area (Å²) >= 11 is 0. The Labute approximate surface area is 109 Å². The number of methoxy groups -OCH3 is 1. The van der Waals surface area contributed by atoms with Gasteiger partial charge in [-0.15, -0.1) is 0 Å². The highest BCUT2D eigenvalue weighted by Crippen LogP contribution is 2.26. The van der Waals surface area contributed by atoms with Crippen LogP contribution in [0.3, 0.4) is 0 Å². The molecular formula is C14H22N2O2. The molecule has 1 aromatic rings. The first-order valence-corrected chi connectivity index (χ1v) is 6.47. The molecule has 1 fully saturated rings. The molecule has 0 radical (unpaired) electrons. The summed E-state index contributed by atoms with van der Waals surface area (Å²) in [5.74, 6) is 0.730. The van der Waals surface area contributed by atoms with Gasteiger partial charge in [-0.1, -0.05) is 6.07 Å². The summed E-state index contributed by atoms with van der Waals surface area (Å²) in [5.41, 5.74) is 1.08. The van der Waals surface area contributed by atoms with Gasteiger partial charge < -0.3 is 20.1 Å². The SMILES string of the molecule is COc1ccc(CNC2CCCN(C)C2)cc1O. The number of aromatic hydroxyl groups is 1. The number of hydrogen-bond acceptors (Lipinski definition) is 4. The molecule has 1 aliphatic rings. The molecule has 1 saturated heterocycles. The van der Waals surface area contributed by atoms with Gasteiger partial charge in [-0.05, 0) is 44.1 Å². The van der Waals surface area contributed by atoms with E-state index in [9.17, 15) is 5.11 Å². The number of likely N-dealkylation sites (tertiary alicyclic amines) is 1. The number of likely N-dealkylation sites (N-methyl/N-ethyl adjacent to an activating group) is 1. The summed E-state index contributed by atoms with van der Waals surface area (Å²) in [5, 5.41) is 13.2. The van der Waals surface area contributed by atoms with Gasteiger partial charge in [-0.3, -0.25) is 0 Å². The normalized spacial score (nSPS) is 20.9. The molecule has 1 heterocycles. The molecular weight excluding hydrogens is 228 g/mol. The van der Waals surface area contributed by atoms with E-state index in [2.05, 4.69) is 17.3 Å². The van der Waals surface area contributed by atoms with Gasteiger partial charge >= 0.3 is 0 Å². The first-order valence-electron chi connectivity index (χ1n) is 6.47. The van der Waals surface area contributed by atoms with Gasteiger partial charge in [0.1, 0.15) is 0 Å². The lowest BCUT2D eigenvalue weighted by Gasteiger charge is -2.30. The molecule has 0 bridgehead atoms. The average molecular weight is 250 g/mol. The summed E-state index contributed by atoms with van der Waals surface area (Å²) in [6.07, 6.45) is 2.48. The average Bonchev–Trinajstić information content (AvgIpc) is 2.37. The lowest BCUT2D eigenvalue weighted by Crippen LogP contribution is -2.43. The zero-order valence-electron chi connectivity index (χ0n) is 11.1. The molecule has 2 N–H and O–H groups in total. The van der Waals surface area contributed by atoms with Crippen molar-refractivity contribution in [1.29, 1.82) is 0 Å². The highest BCUT2D eigenvalue weighted by atomic mass is 16.5. The fourth-order valence-corrected chi connectivity index (χ4v) is 2.44. The second-order valence-corrected chi connectivity index (χ2v) is 4.99. The van der Waals surface area contributed by atoms with E-state index in [1.807, 2.05) is 6.07 Å². The Kier molecular flexibility index (Phi) is 4.44. The summed E-state index contributed by atoms with van der Waals surface area (Å²) in [4.78, 5) is 2.35. The third-order valence-electron chi connectivity index (χ3n) is 3.46. The fourth-order valence-electron chi connectivity index (χ4n) is 2.44. The maximum absolute atomic E-state index is 9.71. The molecule has 4 nitrogen and oxygen atoms in total. The van der Waals surface area contributed by atoms with E-state index in [0.29, 0.717) is 11.8 Å². The maximum Gasteiger partial charge on any atom is 0.160 e. The molecule has 4 heteroatoms. The summed E-state index contributed by atoms with van der Waals surface area (Å²) < 4.78 is 5.03. The molecule has 0 aromatic heterocycles. The van der Waals surface area contributed by atoms with Crippen molar-refractivity contribution < 1.29 is 9.84 Å². The molecule has 0 amide bonds. The lowest BCUT2D eigenvalue weighted by molar-refractivity contribution is 0.226. The van der Waals surface area contributed by atoms with Crippen LogP contribution in [0.15, 0.2) is 18.2 Å². The number of piperidine rings is 1. The molecule has 1 unspecified atom stereocenters. The number of ether oxygens (including phenoxy) is 1. The molecule has 1 atom stereocenters. The van der Waals surface area contributed by atoms with E-state index >= 15 is 0 Å². The first-order chi connectivity index (χ1) is 8.69. The predicted molar refractivity (Wildman–Crippen MR) is 72.0 cm³/mol. The Bertz CT molecular complexity index is 395. The van der Waals surface area contributed by atoms with Crippen LogP contribution in [0.2, 0.25) is 0 Å². The van der Waals surface area contributed by atoms with E-state index in [-0.39, 0.29) is 5.75 Å². The molecule has 100 valence electrons. The highest BCUT2D eigenvalue weighted by molar-refractivity contribution is 5.41. The van der Waals surface area contributed by atoms with Crippen molar-refractivity contribution in [2.45, 2.75) is 25.4 Å². The zero-order valence-corrected chi connectivity index (χ0v) is 11.1. The zero-order chi connectivity index (χ0) is 13.0. The topological polar surface area (TPSA) is 44.7 Å². The number of hydrogen-bond donors (Lipinski definition) is 2. The Balaban J connectivity index is 1.88. The number of rotatable bonds is 4. The molecule has 1 aromatic carbocycles. The van der Waals surface area contributed by atoms with Crippen LogP contribution in [-0.4, -0.2) is 43.3 Å². The van der Waals surface area contributed by atoms with Gasteiger partial charge in [0, 0.05) is 19.1 Å². The Morgan fingerprint density at radius 1 is 1.50 bits per heavy atom. The number of nitrogens with one attached hydrogen (secondary N) is 1. The van der Waals surface area contributed by atoms with Crippen molar-refractivity contribution in [3.05, 3.63) is 23.8 Å². The number of phenolic OH excluding ortho intramolecular Hbond substituents is 1. The van der Waals surface area contributed by atoms with Crippen LogP contribution < -0.4 is 10.1 Å². The molecule has 0 saturated carbocycles. The second kappa shape index (κ2) is 6.07. The number of phenols is 1. The third kappa shape index (κ3) is 3.37. The van der Waals surface area contributed by atoms with E-state index in [1.165, 1.54) is 19.4 Å². The third-order valence-corrected chi connectivity index (χ3v) is 3.46. The number of benzene rings is 1. The van der Waals surface area contributed by atoms with Crippen molar-refractivity contribution in [3.63, 3.8) is 0 Å². The van der Waals surface area contributed by atoms with Gasteiger partial charge in [0.25, 0.3) is 0 Å². The largest absolute Gasteiger partial charge is 0.504 e. The molecule has 1 aliphatic heterocycles. The van der Waals surface area contributed by atoms with E-state index < -0.39 is 0 Å². The van der Waals surface area contributed by atoms with Crippen molar-refractivity contribution in [1.82, 2.24) is 10.2 Å². The van der Waals surface area contributed by atoms with E-state index in [4.69, 9.17) is 4.74 Å². The van der Waals surface area contributed by atoms with Crippen molar-refractivity contribution >= 4 is 0 Å². The highest BCUT2D eigenvalue weighted by Gasteiger charge is 2.16. The van der Waals surface area contributed by atoms with Gasteiger partial charge in [0.2, 0.25) is 0 Å². The molecule has 2 rings (SSSR count). The summed E-state index contributed by atoms with van der Waals surface area (Å²) in [7, 11) is 3.72. The predicted octanol–water partition coefficient (Wildman–Crippen LogP) is 1.58. The van der Waals surface area contributed by atoms with E-state index in [0.717, 1.165) is 18.7 Å². The van der Waals surface area contributed by atoms with Crippen molar-refractivity contribution in [2.24, 2.45) is 0 Å². The summed E-state index contributed by atoms with van der Waals surface area (Å²) in [6.45, 7) is 3.08. The van der Waals surface area contributed by atoms with Crippen LogP contribution in [0, 0.1) is 0 Å². The quantitative estimate of drug-likeness (QED) is 0.851. The fraction of sp³-hybridized carbons (Fsp3) is 0.571. The lowest BCUT2D eigenvalue weighted by atomic mass is 10.1. The van der Waals surface area contributed by atoms with Gasteiger partial charge in [-0.2, -0.15) is 0 Å². The molecule has 18 heavy (non-hydrogen) atoms. The van der Waals surface area contributed by atoms with Crippen molar-refractivity contribution in [2.75, 3.05) is 27.2 Å². The smallest absolute Gasteiger partial charge is 0.160 e. The van der Waals surface area contributed by atoms with Crippen LogP contribution in [0.1, 0.15) is 18.4 Å². The molecule has 0 spiro atoms. The minimum atomic E-state index is 0.206. The Morgan fingerprint density at radius 3 is 3.00 bits per heavy atom. The minimum absolute atomic E-state index is 0.206. The van der Waals surface area contributed by atoms with Gasteiger partial charge in [0.05, 0.1) is 7.11 Å². The standard InChI is InChI=1S/C14H22N2O2/c1-16-7-3-4-12(10-16)15-9-11-5-6-14(18-2)13(17)8-11/h5-6,8,12,15,17H,3-4,7,9-10H2,1-2H3. The van der Waals surface area contributed by atoms with Gasteiger partial charge in [-0.25, -0.2) is 0 Å². The number of nitrogens with zero attached hydrogens (tertiary/aromatic N) is 1. The first kappa shape index (κ1) is 13.2. The van der Waals surface area contributed by atoms with Crippen LogP contribution in [0.4, 0.5) is 0 Å². The van der Waals surface area contributed by atoms with Crippen LogP contribution in [0.25, 0.3) is 0 Å².